The van der Waals surface area contributed by atoms with Crippen molar-refractivity contribution in [2.24, 2.45) is 0 Å². The molecule has 0 bridgehead atoms. The molecule has 0 aliphatic rings. The van der Waals surface area contributed by atoms with Crippen LogP contribution in [0.1, 0.15) is 5.56 Å². The van der Waals surface area contributed by atoms with E-state index in [-0.39, 0.29) is 5.82 Å². The van der Waals surface area contributed by atoms with Gasteiger partial charge in [0.15, 0.2) is 0 Å². The number of halogens is 2. The minimum atomic E-state index is -0.301. The Morgan fingerprint density at radius 1 is 1.25 bits per heavy atom. The van der Waals surface area contributed by atoms with Gasteiger partial charge in [-0.2, -0.15) is 0 Å². The van der Waals surface area contributed by atoms with Crippen molar-refractivity contribution >= 4 is 15.9 Å². The number of hydrogen-bond acceptors (Lipinski definition) is 2. The number of rotatable bonds is 3. The highest BCUT2D eigenvalue weighted by Crippen LogP contribution is 2.15. The molecule has 1 heterocycles. The lowest BCUT2D eigenvalue weighted by Crippen LogP contribution is -1.96. The summed E-state index contributed by atoms with van der Waals surface area (Å²) in [5, 5.41) is 0. The second kappa shape index (κ2) is 5.07. The van der Waals surface area contributed by atoms with Gasteiger partial charge >= 0.3 is 0 Å². The Morgan fingerprint density at radius 3 is 2.88 bits per heavy atom. The van der Waals surface area contributed by atoms with Crippen LogP contribution in [-0.2, 0) is 6.61 Å². The molecular weight excluding hydrogens is 273 g/mol. The van der Waals surface area contributed by atoms with Gasteiger partial charge in [0.2, 0.25) is 0 Å². The molecule has 0 radical (unpaired) electrons. The van der Waals surface area contributed by atoms with Gasteiger partial charge in [-0.05, 0) is 34.1 Å². The minimum absolute atomic E-state index is 0.301. The second-order valence-electron chi connectivity index (χ2n) is 3.26. The molecule has 2 nitrogen and oxygen atoms in total. The van der Waals surface area contributed by atoms with E-state index in [9.17, 15) is 4.39 Å². The third-order valence-corrected chi connectivity index (χ3v) is 2.40. The van der Waals surface area contributed by atoms with E-state index in [0.29, 0.717) is 12.4 Å². The Morgan fingerprint density at radius 2 is 2.12 bits per heavy atom. The average molecular weight is 282 g/mol. The van der Waals surface area contributed by atoms with E-state index in [1.54, 1.807) is 24.5 Å². The number of hydrogen-bond donors (Lipinski definition) is 0. The number of ether oxygens (including phenoxy) is 1. The molecule has 2 aromatic rings. The summed E-state index contributed by atoms with van der Waals surface area (Å²) in [5.41, 5.74) is 0.929. The van der Waals surface area contributed by atoms with E-state index in [1.807, 2.05) is 6.07 Å². The van der Waals surface area contributed by atoms with Gasteiger partial charge in [0.25, 0.3) is 0 Å². The zero-order chi connectivity index (χ0) is 11.4. The van der Waals surface area contributed by atoms with Crippen molar-refractivity contribution in [2.45, 2.75) is 6.61 Å². The van der Waals surface area contributed by atoms with Crippen LogP contribution in [0.4, 0.5) is 4.39 Å². The summed E-state index contributed by atoms with van der Waals surface area (Å²) in [5.74, 6) is 0.213. The van der Waals surface area contributed by atoms with E-state index < -0.39 is 0 Å². The van der Waals surface area contributed by atoms with Gasteiger partial charge in [0.1, 0.15) is 18.2 Å². The van der Waals surface area contributed by atoms with Gasteiger partial charge in [-0.15, -0.1) is 0 Å². The molecule has 4 heteroatoms. The average Bonchev–Trinajstić information content (AvgIpc) is 2.27. The first-order chi connectivity index (χ1) is 7.74. The maximum Gasteiger partial charge on any atom is 0.126 e. The van der Waals surface area contributed by atoms with Crippen molar-refractivity contribution in [3.8, 4) is 5.75 Å². The molecule has 0 spiro atoms. The number of pyridine rings is 1. The molecule has 0 aliphatic carbocycles. The first-order valence-corrected chi connectivity index (χ1v) is 5.51. The molecule has 16 heavy (non-hydrogen) atoms. The maximum absolute atomic E-state index is 12.9. The predicted octanol–water partition coefficient (Wildman–Crippen LogP) is 3.56. The molecule has 0 N–H and O–H groups in total. The quantitative estimate of drug-likeness (QED) is 0.858. The molecule has 1 aromatic heterocycles. The SMILES string of the molecule is Fc1cccc(OCc2cncc(Br)c2)c1. The molecule has 0 aliphatic heterocycles. The molecule has 0 saturated heterocycles. The van der Waals surface area contributed by atoms with Crippen LogP contribution in [0, 0.1) is 5.82 Å². The van der Waals surface area contributed by atoms with E-state index in [4.69, 9.17) is 4.74 Å². The standard InChI is InChI=1S/C12H9BrFNO/c13-10-4-9(6-15-7-10)8-16-12-3-1-2-11(14)5-12/h1-7H,8H2. The molecular formula is C12H9BrFNO. The summed E-state index contributed by atoms with van der Waals surface area (Å²) in [6.07, 6.45) is 3.41. The van der Waals surface area contributed by atoms with Crippen molar-refractivity contribution in [3.63, 3.8) is 0 Å². The molecule has 0 fully saturated rings. The summed E-state index contributed by atoms with van der Waals surface area (Å²) >= 11 is 3.32. The third kappa shape index (κ3) is 3.03. The minimum Gasteiger partial charge on any atom is -0.489 e. The summed E-state index contributed by atoms with van der Waals surface area (Å²) < 4.78 is 19.2. The van der Waals surface area contributed by atoms with Crippen LogP contribution < -0.4 is 4.74 Å². The highest BCUT2D eigenvalue weighted by atomic mass is 79.9. The first kappa shape index (κ1) is 11.1. The zero-order valence-corrected chi connectivity index (χ0v) is 9.95. The molecule has 1 aromatic carbocycles. The highest BCUT2D eigenvalue weighted by molar-refractivity contribution is 9.10. The Kier molecular flexibility index (Phi) is 3.51. The fraction of sp³-hybridized carbons (Fsp3) is 0.0833. The van der Waals surface area contributed by atoms with Gasteiger partial charge in [0.05, 0.1) is 0 Å². The number of benzene rings is 1. The summed E-state index contributed by atoms with van der Waals surface area (Å²) in [6.45, 7) is 0.371. The van der Waals surface area contributed by atoms with Crippen molar-refractivity contribution < 1.29 is 9.13 Å². The van der Waals surface area contributed by atoms with E-state index in [0.717, 1.165) is 10.0 Å². The largest absolute Gasteiger partial charge is 0.489 e. The van der Waals surface area contributed by atoms with E-state index >= 15 is 0 Å². The van der Waals surface area contributed by atoms with Crippen LogP contribution in [0.25, 0.3) is 0 Å². The molecule has 2 rings (SSSR count). The fourth-order valence-corrected chi connectivity index (χ4v) is 1.67. The van der Waals surface area contributed by atoms with Crippen molar-refractivity contribution in [3.05, 3.63) is 58.6 Å². The normalized spacial score (nSPS) is 10.1. The lowest BCUT2D eigenvalue weighted by molar-refractivity contribution is 0.304. The zero-order valence-electron chi connectivity index (χ0n) is 8.36. The van der Waals surface area contributed by atoms with Crippen LogP contribution >= 0.6 is 15.9 Å². The van der Waals surface area contributed by atoms with E-state index in [1.165, 1.54) is 12.1 Å². The number of aromatic nitrogens is 1. The lowest BCUT2D eigenvalue weighted by Gasteiger charge is -2.05. The first-order valence-electron chi connectivity index (χ1n) is 4.72. The van der Waals surface area contributed by atoms with Crippen LogP contribution in [0.5, 0.6) is 5.75 Å². The van der Waals surface area contributed by atoms with Gasteiger partial charge in [-0.25, -0.2) is 4.39 Å². The molecule has 0 unspecified atom stereocenters. The van der Waals surface area contributed by atoms with Crippen LogP contribution in [0.15, 0.2) is 47.2 Å². The number of nitrogens with zero attached hydrogens (tertiary/aromatic N) is 1. The van der Waals surface area contributed by atoms with Crippen molar-refractivity contribution in [1.82, 2.24) is 4.98 Å². The highest BCUT2D eigenvalue weighted by Gasteiger charge is 1.98. The molecule has 0 saturated carbocycles. The second-order valence-corrected chi connectivity index (χ2v) is 4.17. The van der Waals surface area contributed by atoms with E-state index in [2.05, 4.69) is 20.9 Å². The Bertz CT molecular complexity index is 444. The third-order valence-electron chi connectivity index (χ3n) is 1.96. The van der Waals surface area contributed by atoms with Gasteiger partial charge < -0.3 is 4.74 Å². The Hall–Kier alpha value is -1.42. The van der Waals surface area contributed by atoms with Crippen molar-refractivity contribution in [2.75, 3.05) is 0 Å². The van der Waals surface area contributed by atoms with Gasteiger partial charge in [-0.1, -0.05) is 6.07 Å². The molecule has 0 atom stereocenters. The van der Waals surface area contributed by atoms with Crippen molar-refractivity contribution in [1.29, 1.82) is 0 Å². The maximum atomic E-state index is 12.9. The Labute approximate surface area is 101 Å². The lowest BCUT2D eigenvalue weighted by atomic mass is 10.3. The predicted molar refractivity (Wildman–Crippen MR) is 62.7 cm³/mol. The molecule has 0 amide bonds. The van der Waals surface area contributed by atoms with Crippen LogP contribution in [-0.4, -0.2) is 4.98 Å². The smallest absolute Gasteiger partial charge is 0.126 e. The van der Waals surface area contributed by atoms with Gasteiger partial charge in [0, 0.05) is 28.5 Å². The summed E-state index contributed by atoms with van der Waals surface area (Å²) in [7, 11) is 0. The monoisotopic (exact) mass is 281 g/mol. The molecule has 82 valence electrons. The van der Waals surface area contributed by atoms with Crippen LogP contribution in [0.3, 0.4) is 0 Å². The summed E-state index contributed by atoms with van der Waals surface area (Å²) in [6, 6.07) is 7.98. The summed E-state index contributed by atoms with van der Waals surface area (Å²) in [4.78, 5) is 4.01. The van der Waals surface area contributed by atoms with Gasteiger partial charge in [-0.3, -0.25) is 4.98 Å². The topological polar surface area (TPSA) is 22.1 Å². The van der Waals surface area contributed by atoms with Crippen LogP contribution in [0.2, 0.25) is 0 Å². The fourth-order valence-electron chi connectivity index (χ4n) is 1.26. The Balaban J connectivity index is 2.02.